The predicted octanol–water partition coefficient (Wildman–Crippen LogP) is 1.87. The first-order chi connectivity index (χ1) is 6.00. The van der Waals surface area contributed by atoms with E-state index < -0.39 is 0 Å². The van der Waals surface area contributed by atoms with Crippen LogP contribution in [-0.2, 0) is 5.54 Å². The van der Waals surface area contributed by atoms with E-state index in [2.05, 4.69) is 26.8 Å². The molecule has 13 heavy (non-hydrogen) atoms. The van der Waals surface area contributed by atoms with Gasteiger partial charge in [-0.1, -0.05) is 0 Å². The Labute approximate surface area is 86.8 Å². The van der Waals surface area contributed by atoms with Gasteiger partial charge in [0, 0.05) is 0 Å². The van der Waals surface area contributed by atoms with Crippen LogP contribution in [0.3, 0.4) is 0 Å². The van der Waals surface area contributed by atoms with Crippen LogP contribution in [0.2, 0.25) is 0 Å². The van der Waals surface area contributed by atoms with Crippen molar-refractivity contribution in [1.82, 2.24) is 3.56 Å². The van der Waals surface area contributed by atoms with E-state index >= 15 is 0 Å². The van der Waals surface area contributed by atoms with E-state index in [-0.39, 0.29) is 25.8 Å². The molecule has 0 bridgehead atoms. The minimum absolute atomic E-state index is 0.0319. The number of aromatic nitrogens is 1. The Morgan fingerprint density at radius 2 is 2.15 bits per heavy atom. The van der Waals surface area contributed by atoms with Gasteiger partial charge in [0.05, 0.1) is 0 Å². The van der Waals surface area contributed by atoms with Gasteiger partial charge in [-0.25, -0.2) is 0 Å². The maximum absolute atomic E-state index is 11.9. The SMILES string of the molecule is CC(C)(C)n1[se]c2ccsc2c1=O. The van der Waals surface area contributed by atoms with Crippen molar-refractivity contribution < 1.29 is 0 Å². The normalized spacial score (nSPS) is 12.5. The molecule has 2 aromatic rings. The van der Waals surface area contributed by atoms with Gasteiger partial charge in [-0.2, -0.15) is 0 Å². The molecule has 0 amide bonds. The third-order valence-corrected chi connectivity index (χ3v) is 6.01. The fourth-order valence-electron chi connectivity index (χ4n) is 1.20. The van der Waals surface area contributed by atoms with Crippen LogP contribution in [0.1, 0.15) is 20.8 Å². The third-order valence-electron chi connectivity index (χ3n) is 1.81. The first-order valence-electron chi connectivity index (χ1n) is 4.10. The molecule has 0 fully saturated rings. The van der Waals surface area contributed by atoms with E-state index in [9.17, 15) is 4.79 Å². The average Bonchev–Trinajstić information content (AvgIpc) is 2.51. The molecule has 0 saturated carbocycles. The van der Waals surface area contributed by atoms with Crippen LogP contribution >= 0.6 is 11.3 Å². The summed E-state index contributed by atoms with van der Waals surface area (Å²) < 4.78 is 4.19. The molecule has 0 N–H and O–H groups in total. The van der Waals surface area contributed by atoms with Crippen molar-refractivity contribution in [3.05, 3.63) is 21.8 Å². The first kappa shape index (κ1) is 9.25. The molecule has 70 valence electrons. The van der Waals surface area contributed by atoms with Crippen LogP contribution in [0.5, 0.6) is 0 Å². The zero-order chi connectivity index (χ0) is 9.64. The maximum atomic E-state index is 11.9. The molecular weight excluding hydrogens is 249 g/mol. The van der Waals surface area contributed by atoms with Crippen molar-refractivity contribution in [1.29, 1.82) is 0 Å². The summed E-state index contributed by atoms with van der Waals surface area (Å²) in [5.74, 6) is 0. The van der Waals surface area contributed by atoms with Gasteiger partial charge in [0.25, 0.3) is 0 Å². The second kappa shape index (κ2) is 2.84. The van der Waals surface area contributed by atoms with Gasteiger partial charge >= 0.3 is 86.7 Å². The van der Waals surface area contributed by atoms with Crippen molar-refractivity contribution in [2.24, 2.45) is 0 Å². The van der Waals surface area contributed by atoms with Crippen molar-refractivity contribution in [3.63, 3.8) is 0 Å². The van der Waals surface area contributed by atoms with Gasteiger partial charge in [-0.15, -0.1) is 0 Å². The molecule has 2 nitrogen and oxygen atoms in total. The molecular formula is C9H11NOSSe. The number of nitrogens with zero attached hydrogens (tertiary/aromatic N) is 1. The van der Waals surface area contributed by atoms with Crippen molar-refractivity contribution >= 4 is 35.0 Å². The first-order valence-corrected chi connectivity index (χ1v) is 6.60. The molecule has 0 aliphatic heterocycles. The number of hydrogen-bond donors (Lipinski definition) is 0. The number of hydrogen-bond acceptors (Lipinski definition) is 2. The van der Waals surface area contributed by atoms with Crippen LogP contribution in [0.25, 0.3) is 8.96 Å². The zero-order valence-corrected chi connectivity index (χ0v) is 10.4. The molecule has 0 atom stereocenters. The van der Waals surface area contributed by atoms with E-state index in [0.717, 1.165) is 4.70 Å². The van der Waals surface area contributed by atoms with Crippen molar-refractivity contribution in [2.45, 2.75) is 26.3 Å². The van der Waals surface area contributed by atoms with Gasteiger partial charge in [-0.3, -0.25) is 0 Å². The Morgan fingerprint density at radius 3 is 2.69 bits per heavy atom. The fraction of sp³-hybridized carbons (Fsp3) is 0.444. The van der Waals surface area contributed by atoms with E-state index in [0.29, 0.717) is 0 Å². The summed E-state index contributed by atoms with van der Waals surface area (Å²) in [6, 6.07) is 2.07. The standard InChI is InChI=1S/C9H11NOSSe/c1-9(2,3)10-8(11)7-6(13-10)4-5-12-7/h4-5H,1-3H3. The quantitative estimate of drug-likeness (QED) is 0.663. The Morgan fingerprint density at radius 1 is 1.46 bits per heavy atom. The van der Waals surface area contributed by atoms with Gasteiger partial charge in [0.15, 0.2) is 0 Å². The van der Waals surface area contributed by atoms with E-state index in [1.165, 1.54) is 4.26 Å². The van der Waals surface area contributed by atoms with Crippen LogP contribution in [0, 0.1) is 0 Å². The molecule has 4 heteroatoms. The summed E-state index contributed by atoms with van der Waals surface area (Å²) in [4.78, 5) is 11.9. The molecule has 0 aliphatic rings. The number of rotatable bonds is 0. The topological polar surface area (TPSA) is 22.0 Å². The zero-order valence-electron chi connectivity index (χ0n) is 7.83. The van der Waals surface area contributed by atoms with E-state index in [4.69, 9.17) is 0 Å². The number of thiophene rings is 1. The third kappa shape index (κ3) is 1.43. The average molecular weight is 260 g/mol. The summed E-state index contributed by atoms with van der Waals surface area (Å²) in [7, 11) is 0. The van der Waals surface area contributed by atoms with E-state index in [1.54, 1.807) is 11.3 Å². The molecule has 0 radical (unpaired) electrons. The van der Waals surface area contributed by atoms with Crippen LogP contribution in [-0.4, -0.2) is 18.3 Å². The minimum atomic E-state index is -0.0319. The van der Waals surface area contributed by atoms with Crippen molar-refractivity contribution in [2.75, 3.05) is 0 Å². The monoisotopic (exact) mass is 261 g/mol. The van der Waals surface area contributed by atoms with Crippen LogP contribution < -0.4 is 5.56 Å². The predicted molar refractivity (Wildman–Crippen MR) is 58.0 cm³/mol. The van der Waals surface area contributed by atoms with E-state index in [1.807, 2.05) is 8.94 Å². The van der Waals surface area contributed by atoms with Gasteiger partial charge < -0.3 is 0 Å². The summed E-state index contributed by atoms with van der Waals surface area (Å²) in [5, 5.41) is 2.00. The number of fused-ring (bicyclic) bond motifs is 1. The van der Waals surface area contributed by atoms with Crippen LogP contribution in [0.15, 0.2) is 16.2 Å². The molecule has 0 aromatic carbocycles. The molecule has 2 rings (SSSR count). The fourth-order valence-corrected chi connectivity index (χ4v) is 4.72. The Bertz CT molecular complexity index is 485. The second-order valence-corrected chi connectivity index (χ2v) is 6.96. The molecule has 0 spiro atoms. The Balaban J connectivity index is 2.79. The van der Waals surface area contributed by atoms with Gasteiger partial charge in [0.1, 0.15) is 0 Å². The summed E-state index contributed by atoms with van der Waals surface area (Å²) in [5.41, 5.74) is 0.188. The van der Waals surface area contributed by atoms with Gasteiger partial charge in [0.2, 0.25) is 0 Å². The van der Waals surface area contributed by atoms with Crippen LogP contribution in [0.4, 0.5) is 0 Å². The molecule has 2 aromatic heterocycles. The molecule has 0 saturated heterocycles. The summed E-state index contributed by atoms with van der Waals surface area (Å²) in [6.45, 7) is 6.26. The van der Waals surface area contributed by atoms with Crippen molar-refractivity contribution in [3.8, 4) is 0 Å². The Kier molecular flexibility index (Phi) is 2.02. The molecule has 0 aliphatic carbocycles. The summed E-state index contributed by atoms with van der Waals surface area (Å²) >= 11 is 1.76. The molecule has 2 heterocycles. The molecule has 0 unspecified atom stereocenters. The Hall–Kier alpha value is -0.311. The van der Waals surface area contributed by atoms with Gasteiger partial charge in [-0.05, 0) is 0 Å². The second-order valence-electron chi connectivity index (χ2n) is 3.98. The summed E-state index contributed by atoms with van der Waals surface area (Å²) in [6.07, 6.45) is 0.